The van der Waals surface area contributed by atoms with Crippen LogP contribution in [-0.2, 0) is 21.2 Å². The highest BCUT2D eigenvalue weighted by Gasteiger charge is 2.27. The van der Waals surface area contributed by atoms with Crippen LogP contribution in [0.25, 0.3) is 0 Å². The zero-order valence-corrected chi connectivity index (χ0v) is 19.4. The van der Waals surface area contributed by atoms with Crippen LogP contribution in [0.4, 0.5) is 5.69 Å². The third-order valence-corrected chi connectivity index (χ3v) is 8.78. The number of carbonyl (C=O) groups excluding carboxylic acids is 1. The van der Waals surface area contributed by atoms with Crippen molar-refractivity contribution in [2.24, 2.45) is 0 Å². The minimum Gasteiger partial charge on any atom is -0.370 e. The van der Waals surface area contributed by atoms with Crippen molar-refractivity contribution in [2.45, 2.75) is 43.7 Å². The number of hydrogen-bond donors (Lipinski definition) is 1. The number of benzene rings is 1. The standard InChI is InChI=1S/C22H31N3O3S2/c1-3-24(19-9-7-8-18(2)16-19)15-12-23-21(26)17-20-10-11-22(29-20)30(27,28)25-13-5-4-6-14-25/h7-11,16H,3-6,12-15,17H2,1-2H3,(H,23,26). The van der Waals surface area contributed by atoms with E-state index in [0.717, 1.165) is 42.9 Å². The van der Waals surface area contributed by atoms with E-state index in [4.69, 9.17) is 0 Å². The first-order chi connectivity index (χ1) is 14.4. The number of sulfonamides is 1. The predicted molar refractivity (Wildman–Crippen MR) is 123 cm³/mol. The first-order valence-corrected chi connectivity index (χ1v) is 12.8. The molecule has 0 aliphatic carbocycles. The Balaban J connectivity index is 1.50. The van der Waals surface area contributed by atoms with Crippen molar-refractivity contribution in [1.82, 2.24) is 9.62 Å². The van der Waals surface area contributed by atoms with Crippen LogP contribution in [0.5, 0.6) is 0 Å². The van der Waals surface area contributed by atoms with E-state index in [2.05, 4.69) is 42.3 Å². The van der Waals surface area contributed by atoms with Crippen LogP contribution in [0.3, 0.4) is 0 Å². The second-order valence-electron chi connectivity index (χ2n) is 7.63. The number of nitrogens with one attached hydrogen (secondary N) is 1. The van der Waals surface area contributed by atoms with Crippen molar-refractivity contribution in [3.63, 3.8) is 0 Å². The van der Waals surface area contributed by atoms with Crippen LogP contribution in [0.1, 0.15) is 36.6 Å². The fourth-order valence-electron chi connectivity index (χ4n) is 3.67. The topological polar surface area (TPSA) is 69.7 Å². The van der Waals surface area contributed by atoms with Crippen molar-refractivity contribution in [3.8, 4) is 0 Å². The zero-order chi connectivity index (χ0) is 21.6. The van der Waals surface area contributed by atoms with Crippen LogP contribution in [-0.4, -0.2) is 51.4 Å². The lowest BCUT2D eigenvalue weighted by Crippen LogP contribution is -2.35. The molecule has 1 aliphatic rings. The number of rotatable bonds is 9. The molecule has 1 amide bonds. The molecule has 3 rings (SSSR count). The van der Waals surface area contributed by atoms with Crippen LogP contribution in [0, 0.1) is 6.92 Å². The largest absolute Gasteiger partial charge is 0.370 e. The Hall–Kier alpha value is -1.90. The fourth-order valence-corrected chi connectivity index (χ4v) is 6.70. The predicted octanol–water partition coefficient (Wildman–Crippen LogP) is 3.42. The number of amides is 1. The van der Waals surface area contributed by atoms with Gasteiger partial charge in [0.1, 0.15) is 4.21 Å². The van der Waals surface area contributed by atoms with Gasteiger partial charge in [0.25, 0.3) is 10.0 Å². The molecule has 0 bridgehead atoms. The SMILES string of the molecule is CCN(CCNC(=O)Cc1ccc(S(=O)(=O)N2CCCCC2)s1)c1cccc(C)c1. The summed E-state index contributed by atoms with van der Waals surface area (Å²) in [6, 6.07) is 11.7. The third kappa shape index (κ3) is 5.83. The number of thiophene rings is 1. The number of carbonyl (C=O) groups is 1. The highest BCUT2D eigenvalue weighted by molar-refractivity contribution is 7.91. The molecule has 0 atom stereocenters. The monoisotopic (exact) mass is 449 g/mol. The van der Waals surface area contributed by atoms with Crippen LogP contribution in [0.15, 0.2) is 40.6 Å². The van der Waals surface area contributed by atoms with Crippen molar-refractivity contribution < 1.29 is 13.2 Å². The molecule has 30 heavy (non-hydrogen) atoms. The summed E-state index contributed by atoms with van der Waals surface area (Å²) in [5.41, 5.74) is 2.36. The maximum absolute atomic E-state index is 12.8. The molecule has 1 fully saturated rings. The lowest BCUT2D eigenvalue weighted by atomic mass is 10.2. The Labute approximate surface area is 183 Å². The molecular weight excluding hydrogens is 418 g/mol. The molecule has 1 aliphatic heterocycles. The van der Waals surface area contributed by atoms with E-state index in [1.54, 1.807) is 16.4 Å². The van der Waals surface area contributed by atoms with Gasteiger partial charge in [-0.2, -0.15) is 4.31 Å². The molecule has 1 aromatic carbocycles. The number of nitrogens with zero attached hydrogens (tertiary/aromatic N) is 2. The van der Waals surface area contributed by atoms with Gasteiger partial charge in [-0.1, -0.05) is 18.6 Å². The normalized spacial score (nSPS) is 15.1. The van der Waals surface area contributed by atoms with Crippen molar-refractivity contribution in [2.75, 3.05) is 37.6 Å². The smallest absolute Gasteiger partial charge is 0.252 e. The summed E-state index contributed by atoms with van der Waals surface area (Å²) in [6.45, 7) is 7.48. The van der Waals surface area contributed by atoms with Gasteiger partial charge in [-0.15, -0.1) is 11.3 Å². The van der Waals surface area contributed by atoms with Gasteiger partial charge in [0.05, 0.1) is 6.42 Å². The van der Waals surface area contributed by atoms with E-state index in [9.17, 15) is 13.2 Å². The average molecular weight is 450 g/mol. The average Bonchev–Trinajstić information content (AvgIpc) is 3.21. The summed E-state index contributed by atoms with van der Waals surface area (Å²) in [5.74, 6) is -0.0842. The molecule has 1 aromatic heterocycles. The molecule has 0 saturated carbocycles. The maximum atomic E-state index is 12.8. The molecule has 2 heterocycles. The summed E-state index contributed by atoms with van der Waals surface area (Å²) in [7, 11) is -3.43. The molecule has 0 unspecified atom stereocenters. The third-order valence-electron chi connectivity index (χ3n) is 5.33. The quantitative estimate of drug-likeness (QED) is 0.637. The lowest BCUT2D eigenvalue weighted by Gasteiger charge is -2.25. The highest BCUT2D eigenvalue weighted by Crippen LogP contribution is 2.27. The molecule has 6 nitrogen and oxygen atoms in total. The van der Waals surface area contributed by atoms with E-state index < -0.39 is 10.0 Å². The van der Waals surface area contributed by atoms with Gasteiger partial charge in [0.2, 0.25) is 5.91 Å². The molecule has 1 N–H and O–H groups in total. The number of hydrogen-bond acceptors (Lipinski definition) is 5. The van der Waals surface area contributed by atoms with E-state index in [-0.39, 0.29) is 12.3 Å². The second-order valence-corrected chi connectivity index (χ2v) is 11.0. The van der Waals surface area contributed by atoms with E-state index in [1.165, 1.54) is 16.9 Å². The van der Waals surface area contributed by atoms with Gasteiger partial charge >= 0.3 is 0 Å². The Kier molecular flexibility index (Phi) is 7.91. The van der Waals surface area contributed by atoms with Crippen LogP contribution < -0.4 is 10.2 Å². The number of anilines is 1. The summed E-state index contributed by atoms with van der Waals surface area (Å²) in [6.07, 6.45) is 3.12. The van der Waals surface area contributed by atoms with E-state index in [0.29, 0.717) is 23.8 Å². The molecule has 2 aromatic rings. The Morgan fingerprint density at radius 2 is 1.93 bits per heavy atom. The highest BCUT2D eigenvalue weighted by atomic mass is 32.2. The van der Waals surface area contributed by atoms with E-state index >= 15 is 0 Å². The van der Waals surface area contributed by atoms with Crippen molar-refractivity contribution in [1.29, 1.82) is 0 Å². The summed E-state index contributed by atoms with van der Waals surface area (Å²) < 4.78 is 27.4. The lowest BCUT2D eigenvalue weighted by molar-refractivity contribution is -0.120. The molecule has 164 valence electrons. The van der Waals surface area contributed by atoms with Crippen LogP contribution in [0.2, 0.25) is 0 Å². The van der Waals surface area contributed by atoms with Crippen LogP contribution >= 0.6 is 11.3 Å². The fraction of sp³-hybridized carbons (Fsp3) is 0.500. The molecule has 0 spiro atoms. The number of likely N-dealkylation sites (N-methyl/N-ethyl adjacent to an activating group) is 1. The van der Waals surface area contributed by atoms with Gasteiger partial charge in [0, 0.05) is 43.3 Å². The zero-order valence-electron chi connectivity index (χ0n) is 17.8. The first kappa shape index (κ1) is 22.8. The minimum atomic E-state index is -3.43. The molecule has 0 radical (unpaired) electrons. The van der Waals surface area contributed by atoms with Gasteiger partial charge in [0.15, 0.2) is 0 Å². The number of piperidine rings is 1. The Morgan fingerprint density at radius 1 is 1.17 bits per heavy atom. The number of aryl methyl sites for hydroxylation is 1. The minimum absolute atomic E-state index is 0.0842. The maximum Gasteiger partial charge on any atom is 0.252 e. The molecular formula is C22H31N3O3S2. The van der Waals surface area contributed by atoms with Gasteiger partial charge in [-0.3, -0.25) is 4.79 Å². The Bertz CT molecular complexity index is 950. The second kappa shape index (κ2) is 10.4. The summed E-state index contributed by atoms with van der Waals surface area (Å²) in [5, 5.41) is 2.96. The van der Waals surface area contributed by atoms with Crippen molar-refractivity contribution >= 4 is 33.0 Å². The van der Waals surface area contributed by atoms with Gasteiger partial charge < -0.3 is 10.2 Å². The van der Waals surface area contributed by atoms with Gasteiger partial charge in [-0.25, -0.2) is 8.42 Å². The molecule has 1 saturated heterocycles. The van der Waals surface area contributed by atoms with E-state index in [1.807, 2.05) is 6.07 Å². The summed E-state index contributed by atoms with van der Waals surface area (Å²) in [4.78, 5) is 15.3. The first-order valence-electron chi connectivity index (χ1n) is 10.6. The summed E-state index contributed by atoms with van der Waals surface area (Å²) >= 11 is 1.20. The Morgan fingerprint density at radius 3 is 2.63 bits per heavy atom. The molecule has 8 heteroatoms. The van der Waals surface area contributed by atoms with Crippen molar-refractivity contribution in [3.05, 3.63) is 46.8 Å². The van der Waals surface area contributed by atoms with Gasteiger partial charge in [-0.05, 0) is 56.5 Å².